The van der Waals surface area contributed by atoms with Crippen LogP contribution in [0.15, 0.2) is 29.4 Å². The third-order valence-electron chi connectivity index (χ3n) is 4.30. The number of nitrogens with one attached hydrogen (secondary N) is 1. The van der Waals surface area contributed by atoms with Crippen molar-refractivity contribution >= 4 is 17.7 Å². The Balaban J connectivity index is 1.44. The van der Waals surface area contributed by atoms with Gasteiger partial charge in [-0.15, -0.1) is 10.2 Å². The lowest BCUT2D eigenvalue weighted by Gasteiger charge is -2.09. The highest BCUT2D eigenvalue weighted by atomic mass is 32.2. The fourth-order valence-corrected chi connectivity index (χ4v) is 3.41. The lowest BCUT2D eigenvalue weighted by molar-refractivity contribution is -0.118. The number of benzene rings is 1. The van der Waals surface area contributed by atoms with Gasteiger partial charge in [0.25, 0.3) is 0 Å². The molecule has 2 aromatic rings. The molecule has 3 rings (SSSR count). The highest BCUT2D eigenvalue weighted by molar-refractivity contribution is 7.99. The van der Waals surface area contributed by atoms with E-state index in [1.54, 1.807) is 7.11 Å². The molecule has 0 saturated heterocycles. The van der Waals surface area contributed by atoms with Crippen LogP contribution in [-0.2, 0) is 9.53 Å². The van der Waals surface area contributed by atoms with Crippen LogP contribution in [0.3, 0.4) is 0 Å². The first-order valence-electron chi connectivity index (χ1n) is 9.21. The summed E-state index contributed by atoms with van der Waals surface area (Å²) in [4.78, 5) is 12.1. The second-order valence-electron chi connectivity index (χ2n) is 6.57. The summed E-state index contributed by atoms with van der Waals surface area (Å²) in [5, 5.41) is 12.0. The monoisotopic (exact) mass is 390 g/mol. The van der Waals surface area contributed by atoms with E-state index in [0.29, 0.717) is 24.1 Å². The summed E-state index contributed by atoms with van der Waals surface area (Å²) in [7, 11) is 1.64. The molecule has 0 unspecified atom stereocenters. The number of aryl methyl sites for hydroxylation is 1. The Morgan fingerprint density at radius 2 is 2.07 bits per heavy atom. The fourth-order valence-electron chi connectivity index (χ4n) is 2.58. The van der Waals surface area contributed by atoms with Gasteiger partial charge >= 0.3 is 0 Å². The third-order valence-corrected chi connectivity index (χ3v) is 5.23. The molecule has 1 aromatic heterocycles. The minimum Gasteiger partial charge on any atom is -0.497 e. The molecule has 0 bridgehead atoms. The average molecular weight is 391 g/mol. The van der Waals surface area contributed by atoms with E-state index in [1.807, 2.05) is 35.8 Å². The zero-order valence-corrected chi connectivity index (χ0v) is 16.6. The summed E-state index contributed by atoms with van der Waals surface area (Å²) in [5.74, 6) is 2.64. The van der Waals surface area contributed by atoms with Crippen LogP contribution in [0, 0.1) is 12.8 Å². The SMILES string of the molecule is COc1ccc(-n2c(C)nnc2SCC(=O)NCCCOCC2CC2)cc1. The van der Waals surface area contributed by atoms with Crippen molar-refractivity contribution in [2.24, 2.45) is 5.92 Å². The molecule has 27 heavy (non-hydrogen) atoms. The van der Waals surface area contributed by atoms with Crippen molar-refractivity contribution in [2.75, 3.05) is 32.6 Å². The van der Waals surface area contributed by atoms with E-state index in [9.17, 15) is 4.79 Å². The van der Waals surface area contributed by atoms with Gasteiger partial charge in [0.2, 0.25) is 5.91 Å². The minimum absolute atomic E-state index is 0.0101. The highest BCUT2D eigenvalue weighted by Crippen LogP contribution is 2.28. The van der Waals surface area contributed by atoms with Crippen LogP contribution in [0.2, 0.25) is 0 Å². The van der Waals surface area contributed by atoms with Crippen molar-refractivity contribution in [3.05, 3.63) is 30.1 Å². The zero-order valence-electron chi connectivity index (χ0n) is 15.8. The maximum absolute atomic E-state index is 12.1. The van der Waals surface area contributed by atoms with Crippen LogP contribution in [0.5, 0.6) is 5.75 Å². The minimum atomic E-state index is -0.0101. The Hall–Kier alpha value is -2.06. The predicted molar refractivity (Wildman–Crippen MR) is 105 cm³/mol. The van der Waals surface area contributed by atoms with Crippen LogP contribution in [0.4, 0.5) is 0 Å². The average Bonchev–Trinajstić information content (AvgIpc) is 3.44. The highest BCUT2D eigenvalue weighted by Gasteiger charge is 2.20. The molecule has 0 spiro atoms. The number of methoxy groups -OCH3 is 1. The Kier molecular flexibility index (Phi) is 7.11. The van der Waals surface area contributed by atoms with Crippen LogP contribution < -0.4 is 10.1 Å². The molecule has 0 radical (unpaired) electrons. The van der Waals surface area contributed by atoms with E-state index in [2.05, 4.69) is 15.5 Å². The van der Waals surface area contributed by atoms with Gasteiger partial charge in [-0.25, -0.2) is 0 Å². The molecule has 8 heteroatoms. The summed E-state index contributed by atoms with van der Waals surface area (Å²) in [6.07, 6.45) is 3.44. The maximum atomic E-state index is 12.1. The van der Waals surface area contributed by atoms with Gasteiger partial charge in [0.05, 0.1) is 12.9 Å². The molecule has 1 aliphatic rings. The van der Waals surface area contributed by atoms with Crippen molar-refractivity contribution in [2.45, 2.75) is 31.3 Å². The Morgan fingerprint density at radius 3 is 2.78 bits per heavy atom. The summed E-state index contributed by atoms with van der Waals surface area (Å²) >= 11 is 1.38. The van der Waals surface area contributed by atoms with Crippen molar-refractivity contribution in [3.8, 4) is 11.4 Å². The number of hydrogen-bond donors (Lipinski definition) is 1. The predicted octanol–water partition coefficient (Wildman–Crippen LogP) is 2.61. The van der Waals surface area contributed by atoms with Crippen LogP contribution in [0.25, 0.3) is 5.69 Å². The number of nitrogens with zero attached hydrogens (tertiary/aromatic N) is 3. The second-order valence-corrected chi connectivity index (χ2v) is 7.52. The van der Waals surface area contributed by atoms with Crippen LogP contribution in [-0.4, -0.2) is 53.3 Å². The van der Waals surface area contributed by atoms with E-state index in [-0.39, 0.29) is 5.91 Å². The molecule has 7 nitrogen and oxygen atoms in total. The largest absolute Gasteiger partial charge is 0.497 e. The Morgan fingerprint density at radius 1 is 1.30 bits per heavy atom. The number of carbonyl (C=O) groups is 1. The van der Waals surface area contributed by atoms with Crippen LogP contribution in [0.1, 0.15) is 25.1 Å². The topological polar surface area (TPSA) is 78.3 Å². The molecule has 1 aromatic carbocycles. The first-order valence-corrected chi connectivity index (χ1v) is 10.2. The standard InChI is InChI=1S/C19H26N4O3S/c1-14-21-22-19(23(14)16-6-8-17(25-2)9-7-16)27-13-18(24)20-10-3-11-26-12-15-4-5-15/h6-9,15H,3-5,10-13H2,1-2H3,(H,20,24). The van der Waals surface area contributed by atoms with Gasteiger partial charge in [-0.3, -0.25) is 9.36 Å². The molecule has 0 aliphatic heterocycles. The van der Waals surface area contributed by atoms with Crippen molar-refractivity contribution in [1.82, 2.24) is 20.1 Å². The molecular formula is C19H26N4O3S. The summed E-state index contributed by atoms with van der Waals surface area (Å²) in [5.41, 5.74) is 0.939. The van der Waals surface area contributed by atoms with Gasteiger partial charge in [-0.1, -0.05) is 11.8 Å². The molecular weight excluding hydrogens is 364 g/mol. The second kappa shape index (κ2) is 9.75. The molecule has 1 N–H and O–H groups in total. The van der Waals surface area contributed by atoms with Crippen molar-refractivity contribution in [3.63, 3.8) is 0 Å². The fraction of sp³-hybridized carbons (Fsp3) is 0.526. The summed E-state index contributed by atoms with van der Waals surface area (Å²) < 4.78 is 12.7. The van der Waals surface area contributed by atoms with Gasteiger partial charge in [-0.2, -0.15) is 0 Å². The van der Waals surface area contributed by atoms with Gasteiger partial charge in [0.15, 0.2) is 5.16 Å². The van der Waals surface area contributed by atoms with E-state index in [1.165, 1.54) is 24.6 Å². The normalized spacial score (nSPS) is 13.6. The van der Waals surface area contributed by atoms with Gasteiger partial charge in [-0.05, 0) is 56.4 Å². The van der Waals surface area contributed by atoms with Crippen LogP contribution >= 0.6 is 11.8 Å². The zero-order chi connectivity index (χ0) is 19.1. The van der Waals surface area contributed by atoms with E-state index >= 15 is 0 Å². The molecule has 1 aliphatic carbocycles. The molecule has 146 valence electrons. The maximum Gasteiger partial charge on any atom is 0.230 e. The Bertz CT molecular complexity index is 744. The first-order chi connectivity index (χ1) is 13.2. The number of amides is 1. The molecule has 1 heterocycles. The lowest BCUT2D eigenvalue weighted by atomic mass is 10.3. The van der Waals surface area contributed by atoms with Crippen molar-refractivity contribution in [1.29, 1.82) is 0 Å². The molecule has 1 amide bonds. The number of rotatable bonds is 11. The van der Waals surface area contributed by atoms with Gasteiger partial charge < -0.3 is 14.8 Å². The van der Waals surface area contributed by atoms with E-state index in [0.717, 1.165) is 36.2 Å². The number of carbonyl (C=O) groups excluding carboxylic acids is 1. The smallest absolute Gasteiger partial charge is 0.230 e. The number of aromatic nitrogens is 3. The van der Waals surface area contributed by atoms with Gasteiger partial charge in [0.1, 0.15) is 11.6 Å². The number of thioether (sulfide) groups is 1. The molecule has 1 saturated carbocycles. The quantitative estimate of drug-likeness (QED) is 0.469. The Labute approximate surface area is 163 Å². The van der Waals surface area contributed by atoms with Crippen molar-refractivity contribution < 1.29 is 14.3 Å². The summed E-state index contributed by atoms with van der Waals surface area (Å²) in [6.45, 7) is 4.09. The number of hydrogen-bond acceptors (Lipinski definition) is 6. The molecule has 1 fully saturated rings. The summed E-state index contributed by atoms with van der Waals surface area (Å²) in [6, 6.07) is 7.67. The van der Waals surface area contributed by atoms with Gasteiger partial charge in [0, 0.05) is 25.4 Å². The molecule has 0 atom stereocenters. The first kappa shape index (κ1) is 19.7. The number of ether oxygens (including phenoxy) is 2. The third kappa shape index (κ3) is 5.97. The van der Waals surface area contributed by atoms with E-state index in [4.69, 9.17) is 9.47 Å². The lowest BCUT2D eigenvalue weighted by Crippen LogP contribution is -2.27. The van der Waals surface area contributed by atoms with E-state index < -0.39 is 0 Å².